The summed E-state index contributed by atoms with van der Waals surface area (Å²) in [6.45, 7) is 12.2. The van der Waals surface area contributed by atoms with E-state index in [4.69, 9.17) is 13.9 Å². The fourth-order valence-electron chi connectivity index (χ4n) is 9.75. The lowest BCUT2D eigenvalue weighted by Gasteiger charge is -2.18. The first-order valence-electron chi connectivity index (χ1n) is 24.9. The molecule has 72 heavy (non-hydrogen) atoms. The van der Waals surface area contributed by atoms with Gasteiger partial charge in [0, 0.05) is 54.6 Å². The zero-order valence-corrected chi connectivity index (χ0v) is 42.0. The van der Waals surface area contributed by atoms with Gasteiger partial charge < -0.3 is 43.8 Å². The number of carboxylic acid groups (broad SMARTS) is 1. The van der Waals surface area contributed by atoms with Crippen molar-refractivity contribution in [2.75, 3.05) is 26.3 Å². The SMILES string of the molecule is CCCCOC(=O)c1c2c(c(C(=O)O)n1CCCOC(=O)NCCNC(=O)CCCCCC/C1=C(C)\C(C)=C/C(C)=NB(F)n3c(C)cc(C)c31)CCc1c(nnn1-c1cc3ccc(O)cc3oc1=O)CC2. The molecule has 2 amide bonds. The van der Waals surface area contributed by atoms with Gasteiger partial charge in [0.25, 0.3) is 0 Å². The highest BCUT2D eigenvalue weighted by molar-refractivity contribution is 6.50. The van der Waals surface area contributed by atoms with E-state index in [1.54, 1.807) is 16.6 Å². The third-order valence-electron chi connectivity index (χ3n) is 13.4. The highest BCUT2D eigenvalue weighted by Crippen LogP contribution is 2.35. The van der Waals surface area contributed by atoms with Gasteiger partial charge in [-0.1, -0.05) is 31.4 Å². The molecule has 382 valence electrons. The van der Waals surface area contributed by atoms with Crippen molar-refractivity contribution < 1.29 is 47.6 Å². The minimum absolute atomic E-state index is 0.0274. The molecule has 2 aliphatic rings. The molecule has 1 aliphatic heterocycles. The number of esters is 1. The lowest BCUT2D eigenvalue weighted by molar-refractivity contribution is -0.121. The number of aryl methyl sites for hydroxylation is 3. The first kappa shape index (κ1) is 52.6. The summed E-state index contributed by atoms with van der Waals surface area (Å²) in [6.07, 6.45) is 8.16. The molecule has 0 bridgehead atoms. The molecule has 18 nitrogen and oxygen atoms in total. The Bertz CT molecular complexity index is 3020. The number of carboxylic acids is 1. The number of nitrogens with zero attached hydrogens (tertiary/aromatic N) is 6. The molecule has 20 heteroatoms. The second-order valence-corrected chi connectivity index (χ2v) is 18.5. The summed E-state index contributed by atoms with van der Waals surface area (Å²) in [6, 6.07) is 8.03. The van der Waals surface area contributed by atoms with Gasteiger partial charge in [0.2, 0.25) is 5.91 Å². The van der Waals surface area contributed by atoms with Gasteiger partial charge >= 0.3 is 30.9 Å². The van der Waals surface area contributed by atoms with Crippen LogP contribution in [0.25, 0.3) is 22.2 Å². The molecule has 0 radical (unpaired) electrons. The average molecular weight is 991 g/mol. The Morgan fingerprint density at radius 3 is 2.39 bits per heavy atom. The van der Waals surface area contributed by atoms with Crippen LogP contribution in [0.4, 0.5) is 9.11 Å². The molecule has 5 heterocycles. The van der Waals surface area contributed by atoms with Gasteiger partial charge in [0.05, 0.1) is 24.6 Å². The van der Waals surface area contributed by atoms with Crippen molar-refractivity contribution in [3.05, 3.63) is 109 Å². The minimum Gasteiger partial charge on any atom is -0.508 e. The highest BCUT2D eigenvalue weighted by atomic mass is 19.1. The van der Waals surface area contributed by atoms with Crippen LogP contribution >= 0.6 is 0 Å². The number of aromatic nitrogens is 5. The molecule has 0 saturated carbocycles. The predicted octanol–water partition coefficient (Wildman–Crippen LogP) is 8.11. The van der Waals surface area contributed by atoms with E-state index >= 15 is 4.32 Å². The summed E-state index contributed by atoms with van der Waals surface area (Å²) in [7, 11) is -1.50. The van der Waals surface area contributed by atoms with E-state index in [0.717, 1.165) is 65.8 Å². The van der Waals surface area contributed by atoms with Crippen molar-refractivity contribution in [1.29, 1.82) is 0 Å². The van der Waals surface area contributed by atoms with Crippen LogP contribution in [0.2, 0.25) is 0 Å². The van der Waals surface area contributed by atoms with Gasteiger partial charge in [-0.05, 0) is 156 Å². The maximum atomic E-state index is 15.4. The number of carbonyl (C=O) groups excluding carboxylic acids is 3. The van der Waals surface area contributed by atoms with E-state index in [-0.39, 0.29) is 99.3 Å². The summed E-state index contributed by atoms with van der Waals surface area (Å²) in [4.78, 5) is 69.5. The first-order valence-corrected chi connectivity index (χ1v) is 24.9. The van der Waals surface area contributed by atoms with E-state index in [1.165, 1.54) is 21.4 Å². The molecule has 0 fully saturated rings. The van der Waals surface area contributed by atoms with Gasteiger partial charge in [-0.3, -0.25) is 14.0 Å². The number of allylic oxidation sites excluding steroid dienone is 4. The van der Waals surface area contributed by atoms with Crippen molar-refractivity contribution in [1.82, 2.24) is 34.7 Å². The summed E-state index contributed by atoms with van der Waals surface area (Å²) < 4.78 is 36.5. The number of aromatic carboxylic acids is 1. The highest BCUT2D eigenvalue weighted by Gasteiger charge is 2.34. The number of alkyl carbamates (subject to hydrolysis) is 1. The number of halogens is 1. The molecule has 0 saturated heterocycles. The van der Waals surface area contributed by atoms with Gasteiger partial charge in [0.15, 0.2) is 5.69 Å². The Morgan fingerprint density at radius 2 is 1.61 bits per heavy atom. The van der Waals surface area contributed by atoms with Crippen LogP contribution in [0.15, 0.2) is 61.7 Å². The van der Waals surface area contributed by atoms with E-state index < -0.39 is 30.9 Å². The number of hydrogen-bond acceptors (Lipinski definition) is 12. The van der Waals surface area contributed by atoms with E-state index in [0.29, 0.717) is 52.9 Å². The van der Waals surface area contributed by atoms with Crippen LogP contribution in [0.5, 0.6) is 5.75 Å². The molecule has 0 spiro atoms. The molecule has 4 N–H and O–H groups in total. The number of rotatable bonds is 20. The molecular formula is C52H64BFN8O10. The second kappa shape index (κ2) is 23.8. The zero-order valence-electron chi connectivity index (χ0n) is 42.0. The molecule has 1 aromatic carbocycles. The molecule has 5 aromatic rings. The van der Waals surface area contributed by atoms with Crippen LogP contribution in [0.3, 0.4) is 0 Å². The van der Waals surface area contributed by atoms with Crippen molar-refractivity contribution in [3.8, 4) is 11.4 Å². The number of unbranched alkanes of at least 4 members (excludes halogenated alkanes) is 4. The van der Waals surface area contributed by atoms with Crippen molar-refractivity contribution in [3.63, 3.8) is 0 Å². The Hall–Kier alpha value is -7.25. The first-order chi connectivity index (χ1) is 34.6. The standard InChI is InChI=1S/C52H64BFN8O10/c1-7-8-25-70-51(68)48-40-18-20-41-42(62(59-58-41)43-29-36-16-17-37(63)30-44(36)72-50(43)67)21-19-39(40)47(49(65)66)60(48)24-13-26-71-52(69)56-23-22-55-45(64)15-12-10-9-11-14-38-35(6)31(2)27-33(4)57-53(54)61-34(5)28-32(3)46(38)61/h16-17,27-30,63H,7-15,18-26H2,1-6H3,(H,55,64)(H,56,69)(H,65,66)/b31-27-,38-35+,57-33?. The zero-order chi connectivity index (χ0) is 51.6. The Balaban J connectivity index is 0.888. The summed E-state index contributed by atoms with van der Waals surface area (Å²) in [5, 5.41) is 35.2. The summed E-state index contributed by atoms with van der Waals surface area (Å²) in [5.74, 6) is -2.08. The van der Waals surface area contributed by atoms with Gasteiger partial charge in [-0.2, -0.15) is 0 Å². The molecular weight excluding hydrogens is 926 g/mol. The van der Waals surface area contributed by atoms with Gasteiger partial charge in [-0.15, -0.1) is 5.10 Å². The van der Waals surface area contributed by atoms with Crippen LogP contribution in [0.1, 0.15) is 146 Å². The van der Waals surface area contributed by atoms with Crippen LogP contribution in [0, 0.1) is 13.8 Å². The lowest BCUT2D eigenvalue weighted by Crippen LogP contribution is -2.35. The van der Waals surface area contributed by atoms with Crippen LogP contribution in [-0.4, -0.2) is 97.5 Å². The van der Waals surface area contributed by atoms with Crippen molar-refractivity contribution in [2.45, 2.75) is 132 Å². The Morgan fingerprint density at radius 1 is 0.875 bits per heavy atom. The number of nitrogens with one attached hydrogen (secondary N) is 2. The lowest BCUT2D eigenvalue weighted by atomic mass is 9.92. The number of phenolic OH excluding ortho intramolecular Hbond substituents is 1. The molecule has 7 rings (SSSR count). The maximum Gasteiger partial charge on any atom is 0.611 e. The van der Waals surface area contributed by atoms with Crippen LogP contribution < -0.4 is 16.3 Å². The van der Waals surface area contributed by atoms with Crippen molar-refractivity contribution >= 4 is 53.5 Å². The number of amides is 2. The minimum atomic E-state index is -1.50. The Labute approximate surface area is 417 Å². The fraction of sp³-hybridized carbons (Fsp3) is 0.462. The third-order valence-corrected chi connectivity index (χ3v) is 13.4. The summed E-state index contributed by atoms with van der Waals surface area (Å²) >= 11 is 0. The summed E-state index contributed by atoms with van der Waals surface area (Å²) in [5.41, 5.74) is 8.47. The fourth-order valence-corrected chi connectivity index (χ4v) is 9.75. The number of hydrogen-bond donors (Lipinski definition) is 4. The van der Waals surface area contributed by atoms with Crippen LogP contribution in [-0.2, 0) is 46.5 Å². The number of phenols is 1. The third kappa shape index (κ3) is 12.1. The van der Waals surface area contributed by atoms with Crippen molar-refractivity contribution in [2.24, 2.45) is 4.90 Å². The number of carbonyl (C=O) groups is 4. The number of fused-ring (bicyclic) bond motifs is 4. The molecule has 4 aromatic heterocycles. The van der Waals surface area contributed by atoms with E-state index in [2.05, 4.69) is 32.8 Å². The number of aromatic hydroxyl groups is 1. The van der Waals surface area contributed by atoms with E-state index in [1.807, 2.05) is 46.8 Å². The molecule has 0 atom stereocenters. The smallest absolute Gasteiger partial charge is 0.508 e. The maximum absolute atomic E-state index is 15.4. The molecule has 0 unspecified atom stereocenters. The number of benzene rings is 1. The average Bonchev–Trinajstić information content (AvgIpc) is 3.97. The normalized spacial score (nSPS) is 15.4. The monoisotopic (exact) mass is 990 g/mol. The quantitative estimate of drug-likeness (QED) is 0.0251. The predicted molar refractivity (Wildman–Crippen MR) is 271 cm³/mol. The second-order valence-electron chi connectivity index (χ2n) is 18.5. The van der Waals surface area contributed by atoms with E-state index in [9.17, 15) is 34.2 Å². The number of ether oxygens (including phenoxy) is 2. The Kier molecular flexibility index (Phi) is 17.4. The topological polar surface area (TPSA) is 234 Å². The largest absolute Gasteiger partial charge is 0.611 e. The van der Waals surface area contributed by atoms with Gasteiger partial charge in [0.1, 0.15) is 22.7 Å². The molecule has 1 aliphatic carbocycles. The van der Waals surface area contributed by atoms with Gasteiger partial charge in [-0.25, -0.2) is 23.9 Å².